The van der Waals surface area contributed by atoms with E-state index in [1.54, 1.807) is 5.57 Å². The number of rotatable bonds is 12. The number of thioether (sulfide) groups is 2. The monoisotopic (exact) mass is 434 g/mol. The van der Waals surface area contributed by atoms with Gasteiger partial charge in [-0.05, 0) is 87.7 Å². The van der Waals surface area contributed by atoms with Gasteiger partial charge in [-0.2, -0.15) is 23.5 Å². The van der Waals surface area contributed by atoms with Gasteiger partial charge >= 0.3 is 0 Å². The van der Waals surface area contributed by atoms with E-state index >= 15 is 0 Å². The Hall–Kier alpha value is -0.0800. The fourth-order valence-electron chi connectivity index (χ4n) is 5.78. The van der Waals surface area contributed by atoms with E-state index in [0.717, 1.165) is 23.5 Å². The van der Waals surface area contributed by atoms with Crippen molar-refractivity contribution in [2.45, 2.75) is 108 Å². The molecule has 2 saturated carbocycles. The van der Waals surface area contributed by atoms with Crippen LogP contribution in [0.2, 0.25) is 0 Å². The van der Waals surface area contributed by atoms with E-state index in [9.17, 15) is 0 Å². The van der Waals surface area contributed by atoms with Gasteiger partial charge in [-0.15, -0.1) is 0 Å². The molecule has 166 valence electrons. The summed E-state index contributed by atoms with van der Waals surface area (Å²) in [6, 6.07) is 0. The normalized spacial score (nSPS) is 29.8. The molecule has 0 saturated heterocycles. The first-order chi connectivity index (χ1) is 14.0. The Morgan fingerprint density at radius 1 is 1.24 bits per heavy atom. The molecule has 0 nitrogen and oxygen atoms in total. The molecule has 2 rings (SSSR count). The largest absolute Gasteiger partial charge is 0.162 e. The highest BCUT2D eigenvalue weighted by atomic mass is 32.2. The van der Waals surface area contributed by atoms with Crippen LogP contribution in [0, 0.1) is 11.8 Å². The summed E-state index contributed by atoms with van der Waals surface area (Å²) in [5.74, 6) is 1.75. The maximum absolute atomic E-state index is 4.32. The van der Waals surface area contributed by atoms with Gasteiger partial charge in [0.05, 0.1) is 0 Å². The van der Waals surface area contributed by atoms with Gasteiger partial charge in [-0.3, -0.25) is 0 Å². The molecule has 0 aromatic carbocycles. The van der Waals surface area contributed by atoms with E-state index in [0.29, 0.717) is 4.75 Å². The molecular formula is C27H46S2. The van der Waals surface area contributed by atoms with Crippen LogP contribution in [-0.4, -0.2) is 22.5 Å². The molecular weight excluding hydrogens is 388 g/mol. The van der Waals surface area contributed by atoms with Gasteiger partial charge in [-0.1, -0.05) is 69.9 Å². The zero-order valence-corrected chi connectivity index (χ0v) is 21.5. The van der Waals surface area contributed by atoms with Gasteiger partial charge in [0.1, 0.15) is 0 Å². The van der Waals surface area contributed by atoms with Crippen molar-refractivity contribution < 1.29 is 0 Å². The second-order valence-electron chi connectivity index (χ2n) is 9.31. The van der Waals surface area contributed by atoms with Gasteiger partial charge in [0.15, 0.2) is 0 Å². The predicted octanol–water partition coefficient (Wildman–Crippen LogP) is 9.23. The highest BCUT2D eigenvalue weighted by Gasteiger charge is 2.51. The average Bonchev–Trinajstić information content (AvgIpc) is 3.12. The van der Waals surface area contributed by atoms with E-state index in [1.165, 1.54) is 81.8 Å². The maximum atomic E-state index is 4.32. The van der Waals surface area contributed by atoms with E-state index in [4.69, 9.17) is 0 Å². The number of hydrogen-bond acceptors (Lipinski definition) is 2. The smallest absolute Gasteiger partial charge is 0.0250 e. The summed E-state index contributed by atoms with van der Waals surface area (Å²) in [7, 11) is 0. The number of hydrogen-bond donors (Lipinski definition) is 0. The molecule has 2 aliphatic rings. The summed E-state index contributed by atoms with van der Waals surface area (Å²) in [5, 5.41) is 0.826. The van der Waals surface area contributed by atoms with E-state index in [1.807, 2.05) is 11.8 Å². The molecule has 29 heavy (non-hydrogen) atoms. The molecule has 0 aromatic heterocycles. The van der Waals surface area contributed by atoms with Crippen molar-refractivity contribution in [3.8, 4) is 0 Å². The van der Waals surface area contributed by atoms with Gasteiger partial charge in [0, 0.05) is 10.00 Å². The summed E-state index contributed by atoms with van der Waals surface area (Å²) in [6.45, 7) is 11.2. The summed E-state index contributed by atoms with van der Waals surface area (Å²) in [4.78, 5) is 0. The van der Waals surface area contributed by atoms with Gasteiger partial charge < -0.3 is 0 Å². The Bertz CT molecular complexity index is 573. The first kappa shape index (κ1) is 25.2. The third-order valence-corrected chi connectivity index (χ3v) is 10.3. The van der Waals surface area contributed by atoms with Crippen LogP contribution in [0.4, 0.5) is 0 Å². The standard InChI is InChI=1S/C27H46S2/c1-7-12-23(21(3)8-2)16-17-24-14-11-20-27(29-6)25(18-19-26(24)27)15-10-9-13-22(4)28-5/h16-17,22,25-26H,3,7-15,18-20H2,1-2,4-6H3/b23-16-,24-17+/t22?,25-,26?,27-/m0/s1. The number of allylic oxidation sites excluding steroid dienone is 5. The first-order valence-electron chi connectivity index (χ1n) is 12.2. The molecule has 2 fully saturated rings. The minimum absolute atomic E-state index is 0.524. The Morgan fingerprint density at radius 2 is 2.03 bits per heavy atom. The molecule has 0 aromatic rings. The van der Waals surface area contributed by atoms with Crippen LogP contribution in [0.3, 0.4) is 0 Å². The molecule has 0 aliphatic heterocycles. The fourth-order valence-corrected chi connectivity index (χ4v) is 7.66. The van der Waals surface area contributed by atoms with Crippen molar-refractivity contribution >= 4 is 23.5 Å². The van der Waals surface area contributed by atoms with Crippen LogP contribution >= 0.6 is 23.5 Å². The van der Waals surface area contributed by atoms with Crippen LogP contribution in [0.5, 0.6) is 0 Å². The van der Waals surface area contributed by atoms with E-state index in [-0.39, 0.29) is 0 Å². The van der Waals surface area contributed by atoms with Crippen LogP contribution in [0.15, 0.2) is 35.5 Å². The molecule has 4 atom stereocenters. The van der Waals surface area contributed by atoms with Crippen LogP contribution < -0.4 is 0 Å². The molecule has 2 aliphatic carbocycles. The third kappa shape index (κ3) is 6.45. The maximum Gasteiger partial charge on any atom is 0.0250 e. The highest BCUT2D eigenvalue weighted by molar-refractivity contribution is 8.00. The molecule has 0 amide bonds. The van der Waals surface area contributed by atoms with Crippen LogP contribution in [0.25, 0.3) is 0 Å². The summed E-state index contributed by atoms with van der Waals surface area (Å²) >= 11 is 4.24. The van der Waals surface area contributed by atoms with Crippen molar-refractivity contribution in [2.75, 3.05) is 12.5 Å². The van der Waals surface area contributed by atoms with Gasteiger partial charge in [0.25, 0.3) is 0 Å². The quantitative estimate of drug-likeness (QED) is 0.222. The minimum Gasteiger partial charge on any atom is -0.162 e. The summed E-state index contributed by atoms with van der Waals surface area (Å²) in [6.07, 6.45) is 25.8. The molecule has 0 spiro atoms. The highest BCUT2D eigenvalue weighted by Crippen LogP contribution is 2.59. The third-order valence-electron chi connectivity index (χ3n) is 7.66. The van der Waals surface area contributed by atoms with E-state index < -0.39 is 0 Å². The Labute approximate surface area is 190 Å². The SMILES string of the molecule is C=C(CC)/C(=C\C=C1/CCC[C@@]2(SC)C1CC[C@@H]2CCCCC(C)SC)CCC. The topological polar surface area (TPSA) is 0 Å². The average molecular weight is 435 g/mol. The lowest BCUT2D eigenvalue weighted by molar-refractivity contribution is 0.303. The van der Waals surface area contributed by atoms with Crippen LogP contribution in [-0.2, 0) is 0 Å². The summed E-state index contributed by atoms with van der Waals surface area (Å²) < 4.78 is 0.524. The van der Waals surface area contributed by atoms with Crippen molar-refractivity contribution in [1.29, 1.82) is 0 Å². The molecule has 2 unspecified atom stereocenters. The second kappa shape index (κ2) is 12.7. The van der Waals surface area contributed by atoms with E-state index in [2.05, 4.69) is 63.8 Å². The minimum atomic E-state index is 0.524. The van der Waals surface area contributed by atoms with Gasteiger partial charge in [-0.25, -0.2) is 0 Å². The van der Waals surface area contributed by atoms with Crippen molar-refractivity contribution in [1.82, 2.24) is 0 Å². The number of unbranched alkanes of at least 4 members (excludes halogenated alkanes) is 1. The molecule has 0 N–H and O–H groups in total. The Morgan fingerprint density at radius 3 is 2.69 bits per heavy atom. The Balaban J connectivity index is 2.09. The summed E-state index contributed by atoms with van der Waals surface area (Å²) in [5.41, 5.74) is 4.57. The molecule has 0 bridgehead atoms. The molecule has 0 radical (unpaired) electrons. The Kier molecular flexibility index (Phi) is 11.0. The van der Waals surface area contributed by atoms with Crippen LogP contribution in [0.1, 0.15) is 97.8 Å². The lowest BCUT2D eigenvalue weighted by atomic mass is 9.72. The zero-order chi connectivity index (χ0) is 21.3. The number of fused-ring (bicyclic) bond motifs is 1. The fraction of sp³-hybridized carbons (Fsp3) is 0.778. The molecule has 2 heteroatoms. The van der Waals surface area contributed by atoms with Crippen molar-refractivity contribution in [2.24, 2.45) is 11.8 Å². The predicted molar refractivity (Wildman–Crippen MR) is 138 cm³/mol. The second-order valence-corrected chi connectivity index (χ2v) is 11.8. The lowest BCUT2D eigenvalue weighted by Gasteiger charge is -2.44. The molecule has 0 heterocycles. The van der Waals surface area contributed by atoms with Crippen molar-refractivity contribution in [3.63, 3.8) is 0 Å². The van der Waals surface area contributed by atoms with Crippen molar-refractivity contribution in [3.05, 3.63) is 35.5 Å². The first-order valence-corrected chi connectivity index (χ1v) is 14.7. The lowest BCUT2D eigenvalue weighted by Crippen LogP contribution is -2.39. The van der Waals surface area contributed by atoms with Gasteiger partial charge in [0.2, 0.25) is 0 Å². The zero-order valence-electron chi connectivity index (χ0n) is 19.9.